The van der Waals surface area contributed by atoms with Crippen molar-refractivity contribution in [1.82, 2.24) is 0 Å². The molecule has 0 aliphatic heterocycles. The minimum Gasteiger partial charge on any atom is -0.381 e. The van der Waals surface area contributed by atoms with E-state index >= 15 is 0 Å². The first kappa shape index (κ1) is 11.9. The molecule has 0 saturated heterocycles. The van der Waals surface area contributed by atoms with E-state index in [1.54, 1.807) is 6.92 Å². The maximum absolute atomic E-state index is 11.2. The van der Waals surface area contributed by atoms with E-state index in [1.807, 2.05) is 6.92 Å². The molecule has 0 aromatic heterocycles. The zero-order valence-corrected chi connectivity index (χ0v) is 8.06. The van der Waals surface area contributed by atoms with Crippen LogP contribution in [0.25, 0.3) is 10.4 Å². The van der Waals surface area contributed by atoms with Crippen LogP contribution in [-0.4, -0.2) is 25.0 Å². The van der Waals surface area contributed by atoms with E-state index in [0.717, 1.165) is 6.42 Å². The van der Waals surface area contributed by atoms with Crippen molar-refractivity contribution >= 4 is 5.78 Å². The van der Waals surface area contributed by atoms with Gasteiger partial charge in [-0.15, -0.1) is 0 Å². The van der Waals surface area contributed by atoms with Gasteiger partial charge in [0, 0.05) is 17.9 Å². The lowest BCUT2D eigenvalue weighted by Crippen LogP contribution is -2.16. The van der Waals surface area contributed by atoms with Crippen LogP contribution in [0.4, 0.5) is 0 Å². The molecule has 0 radical (unpaired) electrons. The molecule has 0 aliphatic rings. The molecule has 0 N–H and O–H groups in total. The summed E-state index contributed by atoms with van der Waals surface area (Å²) in [5.41, 5.74) is 8.07. The molecule has 74 valence electrons. The summed E-state index contributed by atoms with van der Waals surface area (Å²) < 4.78 is 5.13. The predicted molar refractivity (Wildman–Crippen MR) is 49.3 cm³/mol. The van der Waals surface area contributed by atoms with Crippen LogP contribution in [0.1, 0.15) is 26.7 Å². The number of nitrogens with zero attached hydrogens (tertiary/aromatic N) is 3. The third kappa shape index (κ3) is 6.13. The van der Waals surface area contributed by atoms with E-state index in [4.69, 9.17) is 10.3 Å². The molecule has 0 amide bonds. The zero-order valence-electron chi connectivity index (χ0n) is 8.06. The normalized spacial score (nSPS) is 11.8. The first-order valence-corrected chi connectivity index (χ1v) is 4.37. The number of ether oxygens (including phenoxy) is 1. The fourth-order valence-electron chi connectivity index (χ4n) is 0.770. The summed E-state index contributed by atoms with van der Waals surface area (Å²) in [4.78, 5) is 13.7. The number of hydrogen-bond donors (Lipinski definition) is 0. The van der Waals surface area contributed by atoms with Crippen LogP contribution in [0.5, 0.6) is 0 Å². The van der Waals surface area contributed by atoms with E-state index in [9.17, 15) is 4.79 Å². The highest BCUT2D eigenvalue weighted by atomic mass is 16.5. The first-order chi connectivity index (χ1) is 6.22. The summed E-state index contributed by atoms with van der Waals surface area (Å²) in [5, 5.41) is 3.30. The second-order valence-corrected chi connectivity index (χ2v) is 2.71. The summed E-state index contributed by atoms with van der Waals surface area (Å²) in [6.07, 6.45) is 1.26. The van der Waals surface area contributed by atoms with Crippen molar-refractivity contribution in [2.75, 3.05) is 13.2 Å². The lowest BCUT2D eigenvalue weighted by atomic mass is 10.2. The summed E-state index contributed by atoms with van der Waals surface area (Å²) in [7, 11) is 0. The Kier molecular flexibility index (Phi) is 6.96. The molecule has 1 atom stereocenters. The highest BCUT2D eigenvalue weighted by molar-refractivity contribution is 5.83. The standard InChI is InChI=1S/C8H15N3O2/c1-3-5-13-6-4-8(12)7(2)10-11-9/h7H,3-6H2,1-2H3. The third-order valence-electron chi connectivity index (χ3n) is 1.53. The molecule has 0 aromatic carbocycles. The molecular weight excluding hydrogens is 170 g/mol. The Balaban J connectivity index is 3.56. The summed E-state index contributed by atoms with van der Waals surface area (Å²) in [5.74, 6) is -0.0751. The molecule has 0 fully saturated rings. The van der Waals surface area contributed by atoms with Gasteiger partial charge in [0.25, 0.3) is 0 Å². The lowest BCUT2D eigenvalue weighted by Gasteiger charge is -2.03. The number of Topliss-reactive ketones (excluding diaryl/α,β-unsaturated/α-hetero) is 1. The highest BCUT2D eigenvalue weighted by Crippen LogP contribution is 1.97. The van der Waals surface area contributed by atoms with Gasteiger partial charge in [-0.25, -0.2) is 0 Å². The second kappa shape index (κ2) is 7.58. The summed E-state index contributed by atoms with van der Waals surface area (Å²) in [6.45, 7) is 4.67. The molecule has 5 heteroatoms. The largest absolute Gasteiger partial charge is 0.381 e. The SMILES string of the molecule is CCCOCCC(=O)C(C)N=[N+]=[N-]. The van der Waals surface area contributed by atoms with Crippen LogP contribution in [0.2, 0.25) is 0 Å². The predicted octanol–water partition coefficient (Wildman–Crippen LogP) is 2.07. The van der Waals surface area contributed by atoms with Crippen LogP contribution < -0.4 is 0 Å². The number of carbonyl (C=O) groups excluding carboxylic acids is 1. The maximum Gasteiger partial charge on any atom is 0.143 e. The topological polar surface area (TPSA) is 75.1 Å². The molecule has 0 heterocycles. The minimum atomic E-state index is -0.574. The summed E-state index contributed by atoms with van der Waals surface area (Å²) >= 11 is 0. The van der Waals surface area contributed by atoms with Gasteiger partial charge in [0.15, 0.2) is 0 Å². The molecule has 0 aromatic rings. The van der Waals surface area contributed by atoms with E-state index < -0.39 is 6.04 Å². The molecule has 1 unspecified atom stereocenters. The van der Waals surface area contributed by atoms with Crippen molar-refractivity contribution in [3.8, 4) is 0 Å². The molecule has 0 aliphatic carbocycles. The van der Waals surface area contributed by atoms with Gasteiger partial charge < -0.3 is 4.74 Å². The van der Waals surface area contributed by atoms with Gasteiger partial charge in [-0.3, -0.25) is 4.79 Å². The fraction of sp³-hybridized carbons (Fsp3) is 0.875. The van der Waals surface area contributed by atoms with Crippen LogP contribution in [0.3, 0.4) is 0 Å². The van der Waals surface area contributed by atoms with Crippen molar-refractivity contribution in [1.29, 1.82) is 0 Å². The molecule has 0 spiro atoms. The smallest absolute Gasteiger partial charge is 0.143 e. The molecular formula is C8H15N3O2. The monoisotopic (exact) mass is 185 g/mol. The molecule has 5 nitrogen and oxygen atoms in total. The summed E-state index contributed by atoms with van der Waals surface area (Å²) in [6, 6.07) is -0.574. The molecule has 13 heavy (non-hydrogen) atoms. The van der Waals surface area contributed by atoms with E-state index in [0.29, 0.717) is 19.6 Å². The van der Waals surface area contributed by atoms with Crippen LogP contribution >= 0.6 is 0 Å². The van der Waals surface area contributed by atoms with E-state index in [2.05, 4.69) is 10.0 Å². The quantitative estimate of drug-likeness (QED) is 0.263. The Morgan fingerprint density at radius 3 is 2.85 bits per heavy atom. The van der Waals surface area contributed by atoms with Gasteiger partial charge in [0.1, 0.15) is 5.78 Å². The van der Waals surface area contributed by atoms with Crippen molar-refractivity contribution in [3.63, 3.8) is 0 Å². The van der Waals surface area contributed by atoms with Crippen molar-refractivity contribution in [3.05, 3.63) is 10.4 Å². The minimum absolute atomic E-state index is 0.0751. The second-order valence-electron chi connectivity index (χ2n) is 2.71. The highest BCUT2D eigenvalue weighted by Gasteiger charge is 2.09. The molecule has 0 saturated carbocycles. The fourth-order valence-corrected chi connectivity index (χ4v) is 0.770. The van der Waals surface area contributed by atoms with Crippen molar-refractivity contribution < 1.29 is 9.53 Å². The Bertz CT molecular complexity index is 200. The first-order valence-electron chi connectivity index (χ1n) is 4.37. The third-order valence-corrected chi connectivity index (χ3v) is 1.53. The lowest BCUT2D eigenvalue weighted by molar-refractivity contribution is -0.120. The Labute approximate surface area is 77.7 Å². The Hall–Kier alpha value is -1.06. The Morgan fingerprint density at radius 2 is 2.31 bits per heavy atom. The van der Waals surface area contributed by atoms with Gasteiger partial charge in [-0.05, 0) is 18.9 Å². The molecule has 0 rings (SSSR count). The van der Waals surface area contributed by atoms with E-state index in [-0.39, 0.29) is 5.78 Å². The zero-order chi connectivity index (χ0) is 10.1. The van der Waals surface area contributed by atoms with Gasteiger partial charge in [-0.2, -0.15) is 0 Å². The maximum atomic E-state index is 11.2. The van der Waals surface area contributed by atoms with Crippen molar-refractivity contribution in [2.24, 2.45) is 5.11 Å². The van der Waals surface area contributed by atoms with Gasteiger partial charge in [0.2, 0.25) is 0 Å². The number of carbonyl (C=O) groups is 1. The number of rotatable bonds is 7. The number of azide groups is 1. The van der Waals surface area contributed by atoms with Crippen LogP contribution in [-0.2, 0) is 9.53 Å². The number of hydrogen-bond acceptors (Lipinski definition) is 3. The van der Waals surface area contributed by atoms with Crippen LogP contribution in [0.15, 0.2) is 5.11 Å². The van der Waals surface area contributed by atoms with Crippen molar-refractivity contribution in [2.45, 2.75) is 32.7 Å². The van der Waals surface area contributed by atoms with Gasteiger partial charge in [0.05, 0.1) is 12.6 Å². The average Bonchev–Trinajstić information content (AvgIpc) is 2.12. The van der Waals surface area contributed by atoms with Gasteiger partial charge >= 0.3 is 0 Å². The van der Waals surface area contributed by atoms with Gasteiger partial charge in [-0.1, -0.05) is 12.0 Å². The number of ketones is 1. The van der Waals surface area contributed by atoms with Crippen LogP contribution in [0, 0.1) is 0 Å². The Morgan fingerprint density at radius 1 is 1.62 bits per heavy atom. The average molecular weight is 185 g/mol. The molecule has 0 bridgehead atoms. The van der Waals surface area contributed by atoms with E-state index in [1.165, 1.54) is 0 Å².